The molecule has 1 unspecified atom stereocenters. The van der Waals surface area contributed by atoms with Crippen LogP contribution in [0.3, 0.4) is 0 Å². The summed E-state index contributed by atoms with van der Waals surface area (Å²) in [5, 5.41) is 2.85. The summed E-state index contributed by atoms with van der Waals surface area (Å²) in [6, 6.07) is 5.75. The first-order chi connectivity index (χ1) is 9.45. The fraction of sp³-hybridized carbons (Fsp3) is 0.143. The molecule has 0 bridgehead atoms. The molecule has 1 nitrogen and oxygen atoms in total. The van der Waals surface area contributed by atoms with Crippen LogP contribution in [0.2, 0.25) is 0 Å². The van der Waals surface area contributed by atoms with Crippen LogP contribution in [0.25, 0.3) is 0 Å². The van der Waals surface area contributed by atoms with Crippen molar-refractivity contribution in [1.29, 1.82) is 0 Å². The van der Waals surface area contributed by atoms with Gasteiger partial charge in [-0.25, -0.2) is 13.2 Å². The predicted molar refractivity (Wildman–Crippen MR) is 79.1 cm³/mol. The Kier molecular flexibility index (Phi) is 4.88. The minimum absolute atomic E-state index is 0.116. The first-order valence-electron chi connectivity index (χ1n) is 5.71. The molecule has 0 spiro atoms. The summed E-state index contributed by atoms with van der Waals surface area (Å²) in [5.74, 6) is -1.77. The van der Waals surface area contributed by atoms with Crippen molar-refractivity contribution in [3.63, 3.8) is 0 Å². The van der Waals surface area contributed by atoms with Crippen LogP contribution in [-0.4, -0.2) is 7.05 Å². The molecular weight excluding hydrogens is 399 g/mol. The van der Waals surface area contributed by atoms with Gasteiger partial charge in [-0.2, -0.15) is 0 Å². The van der Waals surface area contributed by atoms with Crippen molar-refractivity contribution in [2.75, 3.05) is 7.05 Å². The highest BCUT2D eigenvalue weighted by Gasteiger charge is 2.24. The van der Waals surface area contributed by atoms with E-state index < -0.39 is 23.5 Å². The topological polar surface area (TPSA) is 12.0 Å². The number of nitrogens with one attached hydrogen (secondary N) is 1. The molecule has 2 aromatic rings. The van der Waals surface area contributed by atoms with Crippen molar-refractivity contribution in [3.8, 4) is 0 Å². The van der Waals surface area contributed by atoms with Gasteiger partial charge in [0.2, 0.25) is 0 Å². The highest BCUT2D eigenvalue weighted by atomic mass is 79.9. The van der Waals surface area contributed by atoms with E-state index in [0.717, 1.165) is 0 Å². The SMILES string of the molecule is CNC(c1ccc(F)cc1Br)c1c(F)ccc(Br)c1F. The smallest absolute Gasteiger partial charge is 0.145 e. The summed E-state index contributed by atoms with van der Waals surface area (Å²) in [5.41, 5.74) is 0.430. The van der Waals surface area contributed by atoms with Crippen molar-refractivity contribution in [3.05, 3.63) is 67.9 Å². The van der Waals surface area contributed by atoms with Crippen LogP contribution in [-0.2, 0) is 0 Å². The normalized spacial score (nSPS) is 12.5. The monoisotopic (exact) mass is 407 g/mol. The number of hydrogen-bond acceptors (Lipinski definition) is 1. The molecular formula is C14H10Br2F3N. The fourth-order valence-corrected chi connectivity index (χ4v) is 2.92. The van der Waals surface area contributed by atoms with E-state index in [-0.39, 0.29) is 10.0 Å². The second-order valence-electron chi connectivity index (χ2n) is 4.14. The van der Waals surface area contributed by atoms with Gasteiger partial charge in [-0.15, -0.1) is 0 Å². The molecule has 0 aliphatic carbocycles. The van der Waals surface area contributed by atoms with E-state index in [1.807, 2.05) is 0 Å². The summed E-state index contributed by atoms with van der Waals surface area (Å²) in [4.78, 5) is 0. The molecule has 0 saturated heterocycles. The molecule has 106 valence electrons. The Morgan fingerprint density at radius 1 is 1.00 bits per heavy atom. The minimum Gasteiger partial charge on any atom is -0.309 e. The first-order valence-corrected chi connectivity index (χ1v) is 7.30. The molecule has 0 fully saturated rings. The summed E-state index contributed by atoms with van der Waals surface area (Å²) in [6.07, 6.45) is 0. The Labute approximate surface area is 131 Å². The molecule has 20 heavy (non-hydrogen) atoms. The lowest BCUT2D eigenvalue weighted by Crippen LogP contribution is -2.21. The number of hydrogen-bond donors (Lipinski definition) is 1. The third kappa shape index (κ3) is 2.92. The van der Waals surface area contributed by atoms with Crippen LogP contribution in [0.15, 0.2) is 39.3 Å². The molecule has 0 heterocycles. The van der Waals surface area contributed by atoms with Crippen LogP contribution in [0.4, 0.5) is 13.2 Å². The van der Waals surface area contributed by atoms with Gasteiger partial charge >= 0.3 is 0 Å². The van der Waals surface area contributed by atoms with E-state index in [4.69, 9.17) is 0 Å². The van der Waals surface area contributed by atoms with Gasteiger partial charge < -0.3 is 5.32 Å². The van der Waals surface area contributed by atoms with Crippen LogP contribution in [0.5, 0.6) is 0 Å². The average Bonchev–Trinajstić information content (AvgIpc) is 2.40. The zero-order chi connectivity index (χ0) is 14.9. The molecule has 6 heteroatoms. The summed E-state index contributed by atoms with van der Waals surface area (Å²) in [7, 11) is 1.58. The van der Waals surface area contributed by atoms with Crippen molar-refractivity contribution < 1.29 is 13.2 Å². The van der Waals surface area contributed by atoms with Crippen LogP contribution in [0.1, 0.15) is 17.2 Å². The van der Waals surface area contributed by atoms with E-state index in [1.54, 1.807) is 7.05 Å². The molecule has 1 atom stereocenters. The summed E-state index contributed by atoms with van der Waals surface area (Å²) in [6.45, 7) is 0. The Morgan fingerprint density at radius 2 is 1.70 bits per heavy atom. The quantitative estimate of drug-likeness (QED) is 0.709. The Balaban J connectivity index is 2.61. The fourth-order valence-electron chi connectivity index (χ4n) is 2.00. The van der Waals surface area contributed by atoms with Gasteiger partial charge in [0, 0.05) is 10.0 Å². The Hall–Kier alpha value is -0.850. The maximum absolute atomic E-state index is 14.2. The lowest BCUT2D eigenvalue weighted by atomic mass is 9.98. The molecule has 0 aliphatic rings. The number of halogens is 5. The first kappa shape index (κ1) is 15.5. The van der Waals surface area contributed by atoms with Gasteiger partial charge in [-0.3, -0.25) is 0 Å². The molecule has 0 amide bonds. The van der Waals surface area contributed by atoms with E-state index in [0.29, 0.717) is 10.0 Å². The molecule has 0 radical (unpaired) electrons. The second kappa shape index (κ2) is 6.28. The van der Waals surface area contributed by atoms with E-state index in [9.17, 15) is 13.2 Å². The zero-order valence-corrected chi connectivity index (χ0v) is 13.5. The Bertz CT molecular complexity index is 647. The Morgan fingerprint density at radius 3 is 2.30 bits per heavy atom. The van der Waals surface area contributed by atoms with Crippen LogP contribution in [0, 0.1) is 17.5 Å². The minimum atomic E-state index is -0.734. The van der Waals surface area contributed by atoms with Gasteiger partial charge in [0.25, 0.3) is 0 Å². The predicted octanol–water partition coefficient (Wildman–Crippen LogP) is 4.94. The standard InChI is InChI=1S/C14H10Br2F3N/c1-20-14(8-3-2-7(17)6-10(8)16)12-11(18)5-4-9(15)13(12)19/h2-6,14,20H,1H3. The van der Waals surface area contributed by atoms with Gasteiger partial charge in [0.15, 0.2) is 0 Å². The van der Waals surface area contributed by atoms with Crippen LogP contribution >= 0.6 is 31.9 Å². The summed E-state index contributed by atoms with van der Waals surface area (Å²) >= 11 is 6.26. The molecule has 2 rings (SSSR count). The highest BCUT2D eigenvalue weighted by Crippen LogP contribution is 2.34. The largest absolute Gasteiger partial charge is 0.309 e. The third-order valence-corrected chi connectivity index (χ3v) is 4.23. The van der Waals surface area contributed by atoms with Crippen molar-refractivity contribution in [2.24, 2.45) is 0 Å². The van der Waals surface area contributed by atoms with Crippen molar-refractivity contribution in [1.82, 2.24) is 5.32 Å². The molecule has 0 saturated carbocycles. The van der Waals surface area contributed by atoms with Gasteiger partial charge in [0.1, 0.15) is 17.5 Å². The molecule has 0 aromatic heterocycles. The van der Waals surface area contributed by atoms with Crippen molar-refractivity contribution >= 4 is 31.9 Å². The molecule has 0 aliphatic heterocycles. The van der Waals surface area contributed by atoms with E-state index in [2.05, 4.69) is 37.2 Å². The number of rotatable bonds is 3. The van der Waals surface area contributed by atoms with Crippen molar-refractivity contribution in [2.45, 2.75) is 6.04 Å². The highest BCUT2D eigenvalue weighted by molar-refractivity contribution is 9.10. The summed E-state index contributed by atoms with van der Waals surface area (Å²) < 4.78 is 41.9. The molecule has 1 N–H and O–H groups in total. The molecule has 2 aromatic carbocycles. The second-order valence-corrected chi connectivity index (χ2v) is 5.85. The van der Waals surface area contributed by atoms with E-state index in [1.165, 1.54) is 30.3 Å². The van der Waals surface area contributed by atoms with E-state index >= 15 is 0 Å². The average molecular weight is 409 g/mol. The third-order valence-electron chi connectivity index (χ3n) is 2.93. The number of benzene rings is 2. The van der Waals surface area contributed by atoms with Gasteiger partial charge in [-0.05, 0) is 52.8 Å². The maximum Gasteiger partial charge on any atom is 0.145 e. The van der Waals surface area contributed by atoms with Crippen LogP contribution < -0.4 is 5.32 Å². The lowest BCUT2D eigenvalue weighted by molar-refractivity contribution is 0.517. The van der Waals surface area contributed by atoms with Gasteiger partial charge in [0.05, 0.1) is 10.5 Å². The zero-order valence-electron chi connectivity index (χ0n) is 10.4. The van der Waals surface area contributed by atoms with Gasteiger partial charge in [-0.1, -0.05) is 22.0 Å². The lowest BCUT2D eigenvalue weighted by Gasteiger charge is -2.20. The maximum atomic E-state index is 14.2.